The molecule has 1 aliphatic heterocycles. The van der Waals surface area contributed by atoms with Crippen LogP contribution in [-0.2, 0) is 21.6 Å². The van der Waals surface area contributed by atoms with Crippen LogP contribution in [0.4, 0.5) is 5.82 Å². The van der Waals surface area contributed by atoms with Crippen molar-refractivity contribution in [3.05, 3.63) is 52.7 Å². The summed E-state index contributed by atoms with van der Waals surface area (Å²) in [5.74, 6) is 0.622. The zero-order valence-electron chi connectivity index (χ0n) is 16.1. The fourth-order valence-electron chi connectivity index (χ4n) is 3.20. The Hall–Kier alpha value is -2.14. The molecule has 1 aliphatic rings. The summed E-state index contributed by atoms with van der Waals surface area (Å²) in [7, 11) is 0. The molecule has 6 heteroatoms. The monoisotopic (exact) mass is 387 g/mol. The van der Waals surface area contributed by atoms with Crippen LogP contribution in [0.1, 0.15) is 44.7 Å². The molecule has 0 amide bonds. The number of anilines is 1. The molecule has 0 bridgehead atoms. The van der Waals surface area contributed by atoms with Crippen molar-refractivity contribution < 1.29 is 9.53 Å². The summed E-state index contributed by atoms with van der Waals surface area (Å²) in [6, 6.07) is 11.9. The van der Waals surface area contributed by atoms with Crippen molar-refractivity contribution in [2.75, 3.05) is 18.0 Å². The molecule has 2 heterocycles. The molecule has 1 aromatic carbocycles. The molecule has 3 rings (SSSR count). The quantitative estimate of drug-likeness (QED) is 0.728. The van der Waals surface area contributed by atoms with E-state index in [0.29, 0.717) is 11.8 Å². The fourth-order valence-corrected chi connectivity index (χ4v) is 3.30. The molecular weight excluding hydrogens is 362 g/mol. The van der Waals surface area contributed by atoms with Gasteiger partial charge in [-0.25, -0.2) is 0 Å². The van der Waals surface area contributed by atoms with Gasteiger partial charge in [-0.2, -0.15) is 0 Å². The van der Waals surface area contributed by atoms with Gasteiger partial charge in [0.25, 0.3) is 0 Å². The number of piperidine rings is 1. The van der Waals surface area contributed by atoms with E-state index in [2.05, 4.69) is 48.0 Å². The Morgan fingerprint density at radius 2 is 1.78 bits per heavy atom. The van der Waals surface area contributed by atoms with E-state index in [-0.39, 0.29) is 17.3 Å². The summed E-state index contributed by atoms with van der Waals surface area (Å²) >= 11 is 5.78. The summed E-state index contributed by atoms with van der Waals surface area (Å²) < 4.78 is 5.55. The topological polar surface area (TPSA) is 55.3 Å². The normalized spacial score (nSPS) is 15.6. The van der Waals surface area contributed by atoms with E-state index in [9.17, 15) is 4.79 Å². The smallest absolute Gasteiger partial charge is 0.309 e. The minimum absolute atomic E-state index is 0.0599. The van der Waals surface area contributed by atoms with E-state index in [1.165, 1.54) is 5.56 Å². The standard InChI is InChI=1S/C21H26ClN3O2/c1-21(2,3)17-6-4-15(5-7-17)14-27-20(26)16-10-12-25(13-11-16)19-9-8-18(22)23-24-19/h4-9,16H,10-14H2,1-3H3. The van der Waals surface area contributed by atoms with Crippen LogP contribution in [0, 0.1) is 5.92 Å². The van der Waals surface area contributed by atoms with Gasteiger partial charge < -0.3 is 9.64 Å². The lowest BCUT2D eigenvalue weighted by atomic mass is 9.87. The van der Waals surface area contributed by atoms with Gasteiger partial charge in [0, 0.05) is 13.1 Å². The molecule has 5 nitrogen and oxygen atoms in total. The van der Waals surface area contributed by atoms with Crippen molar-refractivity contribution in [3.8, 4) is 0 Å². The Morgan fingerprint density at radius 1 is 1.11 bits per heavy atom. The van der Waals surface area contributed by atoms with Crippen molar-refractivity contribution in [2.45, 2.75) is 45.6 Å². The highest BCUT2D eigenvalue weighted by Gasteiger charge is 2.27. The van der Waals surface area contributed by atoms with Gasteiger partial charge in [-0.3, -0.25) is 4.79 Å². The Morgan fingerprint density at radius 3 is 2.33 bits per heavy atom. The Kier molecular flexibility index (Phi) is 6.00. The number of benzene rings is 1. The lowest BCUT2D eigenvalue weighted by Gasteiger charge is -2.31. The van der Waals surface area contributed by atoms with Crippen LogP contribution < -0.4 is 4.90 Å². The summed E-state index contributed by atoms with van der Waals surface area (Å²) in [6.45, 7) is 8.40. The summed E-state index contributed by atoms with van der Waals surface area (Å²) in [4.78, 5) is 14.5. The maximum Gasteiger partial charge on any atom is 0.309 e. The van der Waals surface area contributed by atoms with E-state index in [1.807, 2.05) is 18.2 Å². The van der Waals surface area contributed by atoms with Crippen LogP contribution in [0.5, 0.6) is 0 Å². The van der Waals surface area contributed by atoms with Crippen LogP contribution >= 0.6 is 11.6 Å². The van der Waals surface area contributed by atoms with Crippen LogP contribution in [-0.4, -0.2) is 29.3 Å². The molecule has 1 fully saturated rings. The molecule has 0 spiro atoms. The minimum Gasteiger partial charge on any atom is -0.461 e. The minimum atomic E-state index is -0.114. The maximum atomic E-state index is 12.4. The zero-order chi connectivity index (χ0) is 19.4. The first kappa shape index (κ1) is 19.6. The van der Waals surface area contributed by atoms with E-state index < -0.39 is 0 Å². The third-order valence-electron chi connectivity index (χ3n) is 4.97. The third-order valence-corrected chi connectivity index (χ3v) is 5.17. The molecule has 0 aliphatic carbocycles. The summed E-state index contributed by atoms with van der Waals surface area (Å²) in [5.41, 5.74) is 2.41. The van der Waals surface area contributed by atoms with Gasteiger partial charge in [0.1, 0.15) is 6.61 Å². The predicted octanol–water partition coefficient (Wildman–Crippen LogP) is 4.39. The largest absolute Gasteiger partial charge is 0.461 e. The average molecular weight is 388 g/mol. The Labute approximate surface area is 165 Å². The average Bonchev–Trinajstić information content (AvgIpc) is 2.66. The second-order valence-corrected chi connectivity index (χ2v) is 8.42. The number of ether oxygens (including phenoxy) is 1. The van der Waals surface area contributed by atoms with Crippen LogP contribution in [0.2, 0.25) is 5.15 Å². The van der Waals surface area contributed by atoms with Gasteiger partial charge in [0.05, 0.1) is 5.92 Å². The molecular formula is C21H26ClN3O2. The maximum absolute atomic E-state index is 12.4. The Bertz CT molecular complexity index is 762. The van der Waals surface area contributed by atoms with Crippen molar-refractivity contribution in [3.63, 3.8) is 0 Å². The molecule has 1 saturated heterocycles. The number of halogens is 1. The molecule has 0 saturated carbocycles. The predicted molar refractivity (Wildman–Crippen MR) is 107 cm³/mol. The van der Waals surface area contributed by atoms with E-state index >= 15 is 0 Å². The molecule has 1 aromatic heterocycles. The number of hydrogen-bond donors (Lipinski definition) is 0. The highest BCUT2D eigenvalue weighted by Crippen LogP contribution is 2.24. The number of carbonyl (C=O) groups excluding carboxylic acids is 1. The lowest BCUT2D eigenvalue weighted by molar-refractivity contribution is -0.150. The second kappa shape index (κ2) is 8.26. The van der Waals surface area contributed by atoms with Crippen LogP contribution in [0.15, 0.2) is 36.4 Å². The zero-order valence-corrected chi connectivity index (χ0v) is 16.9. The van der Waals surface area contributed by atoms with E-state index in [4.69, 9.17) is 16.3 Å². The molecule has 2 aromatic rings. The number of aromatic nitrogens is 2. The first-order valence-electron chi connectivity index (χ1n) is 9.33. The van der Waals surface area contributed by atoms with Crippen molar-refractivity contribution in [1.29, 1.82) is 0 Å². The van der Waals surface area contributed by atoms with Gasteiger partial charge in [-0.05, 0) is 41.5 Å². The number of carbonyl (C=O) groups is 1. The summed E-state index contributed by atoms with van der Waals surface area (Å²) in [5, 5.41) is 8.36. The highest BCUT2D eigenvalue weighted by molar-refractivity contribution is 6.29. The van der Waals surface area contributed by atoms with Gasteiger partial charge in [-0.1, -0.05) is 56.6 Å². The van der Waals surface area contributed by atoms with E-state index in [0.717, 1.165) is 37.3 Å². The van der Waals surface area contributed by atoms with Crippen molar-refractivity contribution >= 4 is 23.4 Å². The SMILES string of the molecule is CC(C)(C)c1ccc(COC(=O)C2CCN(c3ccc(Cl)nn3)CC2)cc1. The highest BCUT2D eigenvalue weighted by atomic mass is 35.5. The van der Waals surface area contributed by atoms with Gasteiger partial charge >= 0.3 is 5.97 Å². The van der Waals surface area contributed by atoms with Crippen molar-refractivity contribution in [2.24, 2.45) is 5.92 Å². The van der Waals surface area contributed by atoms with Crippen LogP contribution in [0.3, 0.4) is 0 Å². The third kappa shape index (κ3) is 5.19. The molecule has 0 N–H and O–H groups in total. The second-order valence-electron chi connectivity index (χ2n) is 8.03. The number of rotatable bonds is 4. The van der Waals surface area contributed by atoms with Gasteiger partial charge in [0.2, 0.25) is 0 Å². The first-order valence-corrected chi connectivity index (χ1v) is 9.71. The van der Waals surface area contributed by atoms with Gasteiger partial charge in [-0.15, -0.1) is 10.2 Å². The lowest BCUT2D eigenvalue weighted by Crippen LogP contribution is -2.37. The van der Waals surface area contributed by atoms with Crippen molar-refractivity contribution in [1.82, 2.24) is 10.2 Å². The van der Waals surface area contributed by atoms with E-state index in [1.54, 1.807) is 6.07 Å². The Balaban J connectivity index is 1.47. The molecule has 0 radical (unpaired) electrons. The number of esters is 1. The summed E-state index contributed by atoms with van der Waals surface area (Å²) in [6.07, 6.45) is 1.51. The molecule has 0 unspecified atom stereocenters. The number of nitrogens with zero attached hydrogens (tertiary/aromatic N) is 3. The molecule has 144 valence electrons. The van der Waals surface area contributed by atoms with Crippen LogP contribution in [0.25, 0.3) is 0 Å². The molecule has 0 atom stereocenters. The van der Waals surface area contributed by atoms with Gasteiger partial charge in [0.15, 0.2) is 11.0 Å². The fraction of sp³-hybridized carbons (Fsp3) is 0.476. The molecule has 27 heavy (non-hydrogen) atoms. The first-order chi connectivity index (χ1) is 12.8. The number of hydrogen-bond acceptors (Lipinski definition) is 5.